The van der Waals surface area contributed by atoms with Gasteiger partial charge in [0, 0.05) is 42.6 Å². The van der Waals surface area contributed by atoms with Crippen molar-refractivity contribution in [3.63, 3.8) is 0 Å². The summed E-state index contributed by atoms with van der Waals surface area (Å²) in [7, 11) is 0. The molecule has 2 aromatic rings. The Hall–Kier alpha value is -2.21. The number of hydrogen-bond acceptors (Lipinski definition) is 5. The lowest BCUT2D eigenvalue weighted by molar-refractivity contribution is 0.187. The fourth-order valence-corrected chi connectivity index (χ4v) is 2.46. The molecule has 6 heteroatoms. The molecule has 6 nitrogen and oxygen atoms in total. The minimum Gasteiger partial charge on any atom is -0.381 e. The van der Waals surface area contributed by atoms with Gasteiger partial charge in [-0.05, 0) is 25.0 Å². The predicted octanol–water partition coefficient (Wildman–Crippen LogP) is 1.84. The summed E-state index contributed by atoms with van der Waals surface area (Å²) in [6.45, 7) is 4.52. The van der Waals surface area contributed by atoms with Gasteiger partial charge in [-0.15, -0.1) is 0 Å². The van der Waals surface area contributed by atoms with Crippen molar-refractivity contribution >= 4 is 5.82 Å². The van der Waals surface area contributed by atoms with Crippen molar-refractivity contribution in [2.45, 2.75) is 19.8 Å². The zero-order valence-corrected chi connectivity index (χ0v) is 12.6. The molecule has 0 aromatic carbocycles. The van der Waals surface area contributed by atoms with Gasteiger partial charge in [-0.2, -0.15) is 0 Å². The Bertz CT molecular complexity index is 675. The van der Waals surface area contributed by atoms with E-state index in [4.69, 9.17) is 4.74 Å². The number of hydrogen-bond donors (Lipinski definition) is 2. The van der Waals surface area contributed by atoms with Crippen molar-refractivity contribution in [3.8, 4) is 11.4 Å². The van der Waals surface area contributed by atoms with Crippen LogP contribution in [0, 0.1) is 5.92 Å². The highest BCUT2D eigenvalue weighted by atomic mass is 16.5. The van der Waals surface area contributed by atoms with Crippen LogP contribution in [-0.4, -0.2) is 34.7 Å². The summed E-state index contributed by atoms with van der Waals surface area (Å²) < 4.78 is 5.35. The number of rotatable bonds is 5. The number of ether oxygens (including phenoxy) is 1. The number of anilines is 1. The number of aromatic nitrogens is 3. The third-order valence-electron chi connectivity index (χ3n) is 3.79. The molecule has 2 aromatic heterocycles. The second kappa shape index (κ2) is 6.70. The van der Waals surface area contributed by atoms with Crippen LogP contribution in [0.4, 0.5) is 5.82 Å². The topological polar surface area (TPSA) is 79.9 Å². The quantitative estimate of drug-likeness (QED) is 0.881. The van der Waals surface area contributed by atoms with Crippen LogP contribution in [0.25, 0.3) is 11.4 Å². The molecule has 0 saturated carbocycles. The van der Waals surface area contributed by atoms with Gasteiger partial charge < -0.3 is 15.0 Å². The van der Waals surface area contributed by atoms with Crippen LogP contribution in [0.3, 0.4) is 0 Å². The lowest BCUT2D eigenvalue weighted by Crippen LogP contribution is -2.14. The molecule has 3 rings (SSSR count). The molecule has 0 spiro atoms. The Balaban J connectivity index is 1.70. The first kappa shape index (κ1) is 14.7. The maximum absolute atomic E-state index is 11.6. The molecule has 0 aliphatic carbocycles. The van der Waals surface area contributed by atoms with Gasteiger partial charge in [0.25, 0.3) is 5.56 Å². The molecule has 1 saturated heterocycles. The summed E-state index contributed by atoms with van der Waals surface area (Å²) in [4.78, 5) is 23.2. The molecule has 1 aliphatic rings. The third-order valence-corrected chi connectivity index (χ3v) is 3.79. The fraction of sp³-hybridized carbons (Fsp3) is 0.438. The maximum Gasteiger partial charge on any atom is 0.251 e. The number of nitrogens with one attached hydrogen (secondary N) is 2. The summed E-state index contributed by atoms with van der Waals surface area (Å²) in [5, 5.41) is 3.32. The molecule has 3 heterocycles. The van der Waals surface area contributed by atoms with E-state index in [2.05, 4.69) is 20.3 Å². The van der Waals surface area contributed by atoms with Crippen molar-refractivity contribution in [2.75, 3.05) is 25.1 Å². The highest BCUT2D eigenvalue weighted by Gasteiger charge is 2.15. The van der Waals surface area contributed by atoms with Crippen LogP contribution in [0.1, 0.15) is 19.0 Å². The van der Waals surface area contributed by atoms with Crippen LogP contribution >= 0.6 is 0 Å². The molecule has 22 heavy (non-hydrogen) atoms. The van der Waals surface area contributed by atoms with E-state index in [1.54, 1.807) is 6.20 Å². The first-order chi connectivity index (χ1) is 10.7. The van der Waals surface area contributed by atoms with E-state index < -0.39 is 0 Å². The van der Waals surface area contributed by atoms with E-state index in [1.807, 2.05) is 19.1 Å². The molecule has 0 bridgehead atoms. The van der Waals surface area contributed by atoms with Crippen molar-refractivity contribution in [2.24, 2.45) is 5.92 Å². The second-order valence-electron chi connectivity index (χ2n) is 5.48. The van der Waals surface area contributed by atoms with Gasteiger partial charge in [-0.25, -0.2) is 9.97 Å². The average molecular weight is 300 g/mol. The maximum atomic E-state index is 11.6. The van der Waals surface area contributed by atoms with Gasteiger partial charge in [0.05, 0.1) is 6.61 Å². The Kier molecular flexibility index (Phi) is 4.48. The Morgan fingerprint density at radius 3 is 3.05 bits per heavy atom. The zero-order valence-electron chi connectivity index (χ0n) is 12.6. The van der Waals surface area contributed by atoms with Gasteiger partial charge in [0.2, 0.25) is 0 Å². The van der Waals surface area contributed by atoms with Gasteiger partial charge in [0.1, 0.15) is 11.6 Å². The molecular formula is C16H20N4O2. The molecule has 0 amide bonds. The van der Waals surface area contributed by atoms with Crippen molar-refractivity contribution < 1.29 is 4.74 Å². The third kappa shape index (κ3) is 3.51. The average Bonchev–Trinajstić information content (AvgIpc) is 3.06. The molecule has 1 atom stereocenters. The fourth-order valence-electron chi connectivity index (χ4n) is 2.46. The number of H-pyrrole nitrogens is 1. The van der Waals surface area contributed by atoms with Crippen molar-refractivity contribution in [1.29, 1.82) is 0 Å². The Morgan fingerprint density at radius 1 is 1.45 bits per heavy atom. The normalized spacial score (nSPS) is 17.6. The van der Waals surface area contributed by atoms with Crippen molar-refractivity contribution in [1.82, 2.24) is 15.0 Å². The zero-order chi connectivity index (χ0) is 15.4. The van der Waals surface area contributed by atoms with Gasteiger partial charge in [-0.1, -0.05) is 6.92 Å². The van der Waals surface area contributed by atoms with E-state index in [0.29, 0.717) is 11.7 Å². The standard InChI is InChI=1S/C16H20N4O2/c1-2-13-7-15(21)20-16(19-13)12-3-4-14(18-9-12)17-8-11-5-6-22-10-11/h3-4,7,9,11H,2,5-6,8,10H2,1H3,(H,17,18)(H,19,20,21). The van der Waals surface area contributed by atoms with E-state index in [9.17, 15) is 4.79 Å². The minimum atomic E-state index is -0.134. The Labute approximate surface area is 129 Å². The van der Waals surface area contributed by atoms with Gasteiger partial charge >= 0.3 is 0 Å². The SMILES string of the molecule is CCc1cc(=O)[nH]c(-c2ccc(NCC3CCOC3)nc2)n1. The molecule has 1 unspecified atom stereocenters. The van der Waals surface area contributed by atoms with Crippen LogP contribution in [0.15, 0.2) is 29.2 Å². The van der Waals surface area contributed by atoms with E-state index in [-0.39, 0.29) is 5.56 Å². The first-order valence-corrected chi connectivity index (χ1v) is 7.63. The Morgan fingerprint density at radius 2 is 2.36 bits per heavy atom. The lowest BCUT2D eigenvalue weighted by Gasteiger charge is -2.10. The van der Waals surface area contributed by atoms with Crippen LogP contribution in [0.5, 0.6) is 0 Å². The molecular weight excluding hydrogens is 280 g/mol. The second-order valence-corrected chi connectivity index (χ2v) is 5.48. The van der Waals surface area contributed by atoms with Gasteiger partial charge in [-0.3, -0.25) is 4.79 Å². The number of aryl methyl sites for hydroxylation is 1. The number of nitrogens with zero attached hydrogens (tertiary/aromatic N) is 2. The van der Waals surface area contributed by atoms with Crippen LogP contribution in [0.2, 0.25) is 0 Å². The smallest absolute Gasteiger partial charge is 0.251 e. The monoisotopic (exact) mass is 300 g/mol. The van der Waals surface area contributed by atoms with Crippen LogP contribution < -0.4 is 10.9 Å². The number of aromatic amines is 1. The molecule has 1 aliphatic heterocycles. The summed E-state index contributed by atoms with van der Waals surface area (Å²) in [5.41, 5.74) is 1.45. The van der Waals surface area contributed by atoms with E-state index >= 15 is 0 Å². The first-order valence-electron chi connectivity index (χ1n) is 7.63. The predicted molar refractivity (Wildman–Crippen MR) is 84.9 cm³/mol. The summed E-state index contributed by atoms with van der Waals surface area (Å²) >= 11 is 0. The van der Waals surface area contributed by atoms with E-state index in [0.717, 1.165) is 49.7 Å². The molecule has 116 valence electrons. The van der Waals surface area contributed by atoms with Crippen LogP contribution in [-0.2, 0) is 11.2 Å². The highest BCUT2D eigenvalue weighted by molar-refractivity contribution is 5.55. The van der Waals surface area contributed by atoms with Gasteiger partial charge in [0.15, 0.2) is 0 Å². The van der Waals surface area contributed by atoms with E-state index in [1.165, 1.54) is 6.07 Å². The number of pyridine rings is 1. The lowest BCUT2D eigenvalue weighted by atomic mass is 10.1. The molecule has 1 fully saturated rings. The summed E-state index contributed by atoms with van der Waals surface area (Å²) in [6.07, 6.45) is 3.55. The van der Waals surface area contributed by atoms with Crippen molar-refractivity contribution in [3.05, 3.63) is 40.4 Å². The highest BCUT2D eigenvalue weighted by Crippen LogP contribution is 2.16. The molecule has 0 radical (unpaired) electrons. The summed E-state index contributed by atoms with van der Waals surface area (Å²) in [6, 6.07) is 5.35. The summed E-state index contributed by atoms with van der Waals surface area (Å²) in [5.74, 6) is 1.94. The largest absolute Gasteiger partial charge is 0.381 e. The minimum absolute atomic E-state index is 0.134. The molecule has 2 N–H and O–H groups in total.